The second kappa shape index (κ2) is 7.88. The Kier molecular flexibility index (Phi) is 6.79. The Morgan fingerprint density at radius 1 is 1.29 bits per heavy atom. The average Bonchev–Trinajstić information content (AvgIpc) is 2.39. The van der Waals surface area contributed by atoms with E-state index in [1.54, 1.807) is 6.92 Å². The number of carbonyl (C=O) groups is 1. The predicted molar refractivity (Wildman–Crippen MR) is 81.6 cm³/mol. The molecule has 0 bridgehead atoms. The lowest BCUT2D eigenvalue weighted by molar-refractivity contribution is 0.0318. The molecule has 0 unspecified atom stereocenters. The standard InChI is InChI=1S/C13H18BrNO5S/c1-3-4-19-5-6-20-13(16)10-7-9(2)12(14)11(8-10)21(15,17)18/h7-8H,3-6H2,1-2H3,(H2,15,17,18). The Morgan fingerprint density at radius 2 is 1.95 bits per heavy atom. The van der Waals surface area contributed by atoms with Crippen molar-refractivity contribution in [3.8, 4) is 0 Å². The lowest BCUT2D eigenvalue weighted by Gasteiger charge is -2.10. The number of rotatable bonds is 7. The maximum absolute atomic E-state index is 11.9. The van der Waals surface area contributed by atoms with Gasteiger partial charge in [-0.15, -0.1) is 0 Å². The van der Waals surface area contributed by atoms with Crippen LogP contribution in [0.4, 0.5) is 0 Å². The summed E-state index contributed by atoms with van der Waals surface area (Å²) in [4.78, 5) is 11.7. The molecule has 0 saturated heterocycles. The van der Waals surface area contributed by atoms with E-state index in [0.717, 1.165) is 6.42 Å². The molecule has 0 aromatic heterocycles. The number of halogens is 1. The fourth-order valence-corrected chi connectivity index (χ4v) is 3.19. The highest BCUT2D eigenvalue weighted by Gasteiger charge is 2.19. The predicted octanol–water partition coefficient (Wildman–Crippen LogP) is 1.99. The zero-order valence-corrected chi connectivity index (χ0v) is 14.3. The van der Waals surface area contributed by atoms with Crippen molar-refractivity contribution in [1.82, 2.24) is 0 Å². The Bertz CT molecular complexity index is 615. The zero-order chi connectivity index (χ0) is 16.0. The van der Waals surface area contributed by atoms with Crippen molar-refractivity contribution in [3.05, 3.63) is 27.7 Å². The molecule has 0 heterocycles. The molecule has 118 valence electrons. The van der Waals surface area contributed by atoms with Crippen molar-refractivity contribution in [1.29, 1.82) is 0 Å². The third-order valence-electron chi connectivity index (χ3n) is 2.57. The minimum Gasteiger partial charge on any atom is -0.460 e. The average molecular weight is 380 g/mol. The van der Waals surface area contributed by atoms with Crippen LogP contribution in [0.25, 0.3) is 0 Å². The minimum absolute atomic E-state index is 0.110. The smallest absolute Gasteiger partial charge is 0.338 e. The molecule has 0 aliphatic carbocycles. The van der Waals surface area contributed by atoms with Crippen molar-refractivity contribution in [2.75, 3.05) is 19.8 Å². The van der Waals surface area contributed by atoms with Gasteiger partial charge < -0.3 is 9.47 Å². The van der Waals surface area contributed by atoms with Crippen molar-refractivity contribution in [2.45, 2.75) is 25.2 Å². The number of benzene rings is 1. The second-order valence-electron chi connectivity index (χ2n) is 4.40. The van der Waals surface area contributed by atoms with Gasteiger partial charge in [0.15, 0.2) is 0 Å². The van der Waals surface area contributed by atoms with Crippen LogP contribution in [-0.4, -0.2) is 34.2 Å². The van der Waals surface area contributed by atoms with Crippen LogP contribution in [0.3, 0.4) is 0 Å². The van der Waals surface area contributed by atoms with Gasteiger partial charge >= 0.3 is 5.97 Å². The summed E-state index contributed by atoms with van der Waals surface area (Å²) in [6.45, 7) is 4.66. The molecule has 0 radical (unpaired) electrons. The molecule has 8 heteroatoms. The van der Waals surface area contributed by atoms with Crippen LogP contribution in [0, 0.1) is 6.92 Å². The first-order valence-electron chi connectivity index (χ1n) is 6.35. The molecule has 0 spiro atoms. The molecule has 6 nitrogen and oxygen atoms in total. The maximum Gasteiger partial charge on any atom is 0.338 e. The Labute approximate surface area is 132 Å². The van der Waals surface area contributed by atoms with Crippen LogP contribution in [0.2, 0.25) is 0 Å². The minimum atomic E-state index is -3.92. The Hall–Kier alpha value is -0.960. The van der Waals surface area contributed by atoms with Crippen LogP contribution < -0.4 is 5.14 Å². The van der Waals surface area contributed by atoms with E-state index in [9.17, 15) is 13.2 Å². The second-order valence-corrected chi connectivity index (χ2v) is 6.72. The normalized spacial score (nSPS) is 11.4. The highest BCUT2D eigenvalue weighted by Crippen LogP contribution is 2.26. The van der Waals surface area contributed by atoms with E-state index in [0.29, 0.717) is 23.2 Å². The largest absolute Gasteiger partial charge is 0.460 e. The monoisotopic (exact) mass is 379 g/mol. The quantitative estimate of drug-likeness (QED) is 0.577. The summed E-state index contributed by atoms with van der Waals surface area (Å²) in [5, 5.41) is 5.12. The number of carbonyl (C=O) groups excluding carboxylic acids is 1. The first-order valence-corrected chi connectivity index (χ1v) is 8.69. The molecule has 2 N–H and O–H groups in total. The number of aryl methyl sites for hydroxylation is 1. The van der Waals surface area contributed by atoms with Gasteiger partial charge in [-0.3, -0.25) is 0 Å². The number of hydrogen-bond acceptors (Lipinski definition) is 5. The van der Waals surface area contributed by atoms with Crippen LogP contribution in [0.5, 0.6) is 0 Å². The van der Waals surface area contributed by atoms with Gasteiger partial charge in [0.1, 0.15) is 6.61 Å². The summed E-state index contributed by atoms with van der Waals surface area (Å²) < 4.78 is 33.5. The topological polar surface area (TPSA) is 95.7 Å². The molecule has 0 fully saturated rings. The molecule has 21 heavy (non-hydrogen) atoms. The Morgan fingerprint density at radius 3 is 2.52 bits per heavy atom. The lowest BCUT2D eigenvalue weighted by atomic mass is 10.1. The van der Waals surface area contributed by atoms with Crippen molar-refractivity contribution in [3.63, 3.8) is 0 Å². The summed E-state index contributed by atoms with van der Waals surface area (Å²) in [6.07, 6.45) is 0.886. The van der Waals surface area contributed by atoms with Gasteiger partial charge in [-0.2, -0.15) is 0 Å². The van der Waals surface area contributed by atoms with E-state index in [4.69, 9.17) is 14.6 Å². The van der Waals surface area contributed by atoms with Gasteiger partial charge in [-0.25, -0.2) is 18.4 Å². The molecule has 0 amide bonds. The van der Waals surface area contributed by atoms with E-state index in [-0.39, 0.29) is 17.1 Å². The van der Waals surface area contributed by atoms with Gasteiger partial charge in [0.2, 0.25) is 10.0 Å². The number of primary sulfonamides is 1. The highest BCUT2D eigenvalue weighted by molar-refractivity contribution is 9.10. The summed E-state index contributed by atoms with van der Waals surface area (Å²) >= 11 is 3.15. The number of ether oxygens (including phenoxy) is 2. The fraction of sp³-hybridized carbons (Fsp3) is 0.462. The van der Waals surface area contributed by atoms with Crippen molar-refractivity contribution in [2.24, 2.45) is 5.14 Å². The van der Waals surface area contributed by atoms with Gasteiger partial charge in [0, 0.05) is 11.1 Å². The van der Waals surface area contributed by atoms with Crippen LogP contribution in [0.15, 0.2) is 21.5 Å². The molecular weight excluding hydrogens is 362 g/mol. The van der Waals surface area contributed by atoms with Gasteiger partial charge in [0.05, 0.1) is 17.1 Å². The highest BCUT2D eigenvalue weighted by atomic mass is 79.9. The number of esters is 1. The molecular formula is C13H18BrNO5S. The fourth-order valence-electron chi connectivity index (χ4n) is 1.59. The lowest BCUT2D eigenvalue weighted by Crippen LogP contribution is -2.16. The summed E-state index contributed by atoms with van der Waals surface area (Å²) in [7, 11) is -3.92. The van der Waals surface area contributed by atoms with E-state index < -0.39 is 16.0 Å². The number of sulfonamides is 1. The Balaban J connectivity index is 2.84. The summed E-state index contributed by atoms with van der Waals surface area (Å²) in [5.74, 6) is -0.615. The number of nitrogens with two attached hydrogens (primary N) is 1. The molecule has 1 aromatic carbocycles. The molecule has 1 rings (SSSR count). The van der Waals surface area contributed by atoms with Crippen molar-refractivity contribution >= 4 is 31.9 Å². The van der Waals surface area contributed by atoms with E-state index in [1.807, 2.05) is 6.92 Å². The SMILES string of the molecule is CCCOCCOC(=O)c1cc(C)c(Br)c(S(N)(=O)=O)c1. The maximum atomic E-state index is 11.9. The van der Waals surface area contributed by atoms with E-state index in [1.165, 1.54) is 12.1 Å². The van der Waals surface area contributed by atoms with Gasteiger partial charge in [-0.05, 0) is 47.0 Å². The number of hydrogen-bond donors (Lipinski definition) is 1. The van der Waals surface area contributed by atoms with E-state index >= 15 is 0 Å². The van der Waals surface area contributed by atoms with Gasteiger partial charge in [0.25, 0.3) is 0 Å². The first kappa shape index (κ1) is 18.1. The third-order valence-corrected chi connectivity index (χ3v) is 4.82. The molecule has 1 aromatic rings. The van der Waals surface area contributed by atoms with Crippen LogP contribution in [0.1, 0.15) is 29.3 Å². The van der Waals surface area contributed by atoms with E-state index in [2.05, 4.69) is 15.9 Å². The molecule has 0 saturated carbocycles. The van der Waals surface area contributed by atoms with Crippen LogP contribution >= 0.6 is 15.9 Å². The van der Waals surface area contributed by atoms with Crippen LogP contribution in [-0.2, 0) is 19.5 Å². The summed E-state index contributed by atoms with van der Waals surface area (Å²) in [6, 6.07) is 2.73. The van der Waals surface area contributed by atoms with Crippen molar-refractivity contribution < 1.29 is 22.7 Å². The molecule has 0 aliphatic heterocycles. The van der Waals surface area contributed by atoms with Gasteiger partial charge in [-0.1, -0.05) is 6.92 Å². The first-order chi connectivity index (χ1) is 9.77. The molecule has 0 atom stereocenters. The third kappa shape index (κ3) is 5.39. The summed E-state index contributed by atoms with van der Waals surface area (Å²) in [5.41, 5.74) is 0.714. The zero-order valence-electron chi connectivity index (χ0n) is 11.9. The molecule has 0 aliphatic rings.